The van der Waals surface area contributed by atoms with Gasteiger partial charge in [-0.3, -0.25) is 0 Å². The average Bonchev–Trinajstić information content (AvgIpc) is 2.55. The fourth-order valence-corrected chi connectivity index (χ4v) is 2.69. The summed E-state index contributed by atoms with van der Waals surface area (Å²) in [7, 11) is 0. The fraction of sp³-hybridized carbons (Fsp3) is 0.294. The van der Waals surface area contributed by atoms with Crippen LogP contribution in [0.1, 0.15) is 17.4 Å². The van der Waals surface area contributed by atoms with E-state index in [1.165, 1.54) is 0 Å². The molecule has 2 aromatic rings. The van der Waals surface area contributed by atoms with E-state index in [0.29, 0.717) is 19.8 Å². The molecule has 0 saturated carbocycles. The van der Waals surface area contributed by atoms with E-state index in [1.807, 2.05) is 42.5 Å². The van der Waals surface area contributed by atoms with Crippen molar-refractivity contribution in [3.05, 3.63) is 70.2 Å². The number of hydrogen-bond acceptors (Lipinski definition) is 3. The number of halogens is 1. The fourth-order valence-electron chi connectivity index (χ4n) is 2.22. The standard InChI is InChI=1S/C17H17BrO3/c18-16-9-5-4-8-15(16)17-20-11-14(12-21-17)19-10-13-6-2-1-3-7-13/h1-9,14,17H,10-12H2. The summed E-state index contributed by atoms with van der Waals surface area (Å²) in [5.74, 6) is 0. The number of rotatable bonds is 4. The van der Waals surface area contributed by atoms with Crippen LogP contribution in [-0.4, -0.2) is 19.3 Å². The van der Waals surface area contributed by atoms with Crippen LogP contribution in [0.25, 0.3) is 0 Å². The second-order valence-corrected chi connectivity index (χ2v) is 5.79. The summed E-state index contributed by atoms with van der Waals surface area (Å²) in [6.07, 6.45) is -0.346. The lowest BCUT2D eigenvalue weighted by molar-refractivity contribution is -0.232. The minimum Gasteiger partial charge on any atom is -0.369 e. The van der Waals surface area contributed by atoms with Crippen LogP contribution in [0.5, 0.6) is 0 Å². The highest BCUT2D eigenvalue weighted by atomic mass is 79.9. The van der Waals surface area contributed by atoms with Crippen LogP contribution in [0, 0.1) is 0 Å². The Morgan fingerprint density at radius 2 is 1.62 bits per heavy atom. The smallest absolute Gasteiger partial charge is 0.185 e. The van der Waals surface area contributed by atoms with E-state index in [9.17, 15) is 0 Å². The topological polar surface area (TPSA) is 27.7 Å². The van der Waals surface area contributed by atoms with Gasteiger partial charge in [-0.15, -0.1) is 0 Å². The van der Waals surface area contributed by atoms with Crippen molar-refractivity contribution in [2.24, 2.45) is 0 Å². The van der Waals surface area contributed by atoms with Gasteiger partial charge in [0.2, 0.25) is 0 Å². The molecule has 0 bridgehead atoms. The first-order valence-corrected chi connectivity index (χ1v) is 7.75. The third-order valence-corrected chi connectivity index (χ3v) is 4.08. The zero-order valence-electron chi connectivity index (χ0n) is 11.6. The predicted molar refractivity (Wildman–Crippen MR) is 83.8 cm³/mol. The van der Waals surface area contributed by atoms with E-state index in [4.69, 9.17) is 14.2 Å². The Morgan fingerprint density at radius 3 is 2.33 bits per heavy atom. The van der Waals surface area contributed by atoms with Gasteiger partial charge >= 0.3 is 0 Å². The van der Waals surface area contributed by atoms with Gasteiger partial charge in [0.1, 0.15) is 6.10 Å². The molecule has 2 aromatic carbocycles. The summed E-state index contributed by atoms with van der Waals surface area (Å²) in [5.41, 5.74) is 2.17. The van der Waals surface area contributed by atoms with Crippen molar-refractivity contribution in [1.82, 2.24) is 0 Å². The van der Waals surface area contributed by atoms with Gasteiger partial charge in [-0.2, -0.15) is 0 Å². The second-order valence-electron chi connectivity index (χ2n) is 4.94. The predicted octanol–water partition coefficient (Wildman–Crippen LogP) is 4.08. The summed E-state index contributed by atoms with van der Waals surface area (Å²) in [5, 5.41) is 0. The second kappa shape index (κ2) is 7.18. The highest BCUT2D eigenvalue weighted by molar-refractivity contribution is 9.10. The van der Waals surface area contributed by atoms with Crippen LogP contribution < -0.4 is 0 Å². The maximum Gasteiger partial charge on any atom is 0.185 e. The van der Waals surface area contributed by atoms with Crippen molar-refractivity contribution in [2.75, 3.05) is 13.2 Å². The van der Waals surface area contributed by atoms with Crippen LogP contribution in [0.4, 0.5) is 0 Å². The number of benzene rings is 2. The zero-order valence-corrected chi connectivity index (χ0v) is 13.2. The van der Waals surface area contributed by atoms with E-state index in [0.717, 1.165) is 15.6 Å². The lowest BCUT2D eigenvalue weighted by Crippen LogP contribution is -2.33. The highest BCUT2D eigenvalue weighted by Gasteiger charge is 2.25. The van der Waals surface area contributed by atoms with Crippen molar-refractivity contribution in [1.29, 1.82) is 0 Å². The summed E-state index contributed by atoms with van der Waals surface area (Å²) in [6.45, 7) is 1.66. The molecule has 0 amide bonds. The molecule has 3 nitrogen and oxygen atoms in total. The lowest BCUT2D eigenvalue weighted by Gasteiger charge is -2.30. The average molecular weight is 349 g/mol. The Labute approximate surface area is 133 Å². The van der Waals surface area contributed by atoms with Gasteiger partial charge in [-0.25, -0.2) is 0 Å². The molecule has 3 rings (SSSR count). The molecule has 0 atom stereocenters. The largest absolute Gasteiger partial charge is 0.369 e. The molecule has 1 heterocycles. The first-order chi connectivity index (χ1) is 10.3. The van der Waals surface area contributed by atoms with E-state index < -0.39 is 0 Å². The van der Waals surface area contributed by atoms with Crippen molar-refractivity contribution in [3.63, 3.8) is 0 Å². The quantitative estimate of drug-likeness (QED) is 0.833. The molecule has 4 heteroatoms. The molecule has 1 aliphatic rings. The van der Waals surface area contributed by atoms with Crippen molar-refractivity contribution >= 4 is 15.9 Å². The maximum absolute atomic E-state index is 5.82. The molecule has 0 radical (unpaired) electrons. The third-order valence-electron chi connectivity index (χ3n) is 3.35. The lowest BCUT2D eigenvalue weighted by atomic mass is 10.2. The monoisotopic (exact) mass is 348 g/mol. The van der Waals surface area contributed by atoms with Gasteiger partial charge < -0.3 is 14.2 Å². The summed E-state index contributed by atoms with van der Waals surface area (Å²) in [6, 6.07) is 18.1. The normalized spacial score (nSPS) is 22.1. The third kappa shape index (κ3) is 3.92. The number of ether oxygens (including phenoxy) is 3. The van der Waals surface area contributed by atoms with Crippen molar-refractivity contribution in [2.45, 2.75) is 19.0 Å². The minimum atomic E-state index is -0.322. The highest BCUT2D eigenvalue weighted by Crippen LogP contribution is 2.29. The van der Waals surface area contributed by atoms with Gasteiger partial charge in [0.15, 0.2) is 6.29 Å². The van der Waals surface area contributed by atoms with E-state index in [2.05, 4.69) is 28.1 Å². The molecular weight excluding hydrogens is 332 g/mol. The van der Waals surface area contributed by atoms with Gasteiger partial charge in [0.05, 0.1) is 19.8 Å². The van der Waals surface area contributed by atoms with Crippen LogP contribution in [-0.2, 0) is 20.8 Å². The van der Waals surface area contributed by atoms with Gasteiger partial charge in [0.25, 0.3) is 0 Å². The molecule has 1 saturated heterocycles. The summed E-state index contributed by atoms with van der Waals surface area (Å²) >= 11 is 3.52. The molecule has 0 spiro atoms. The molecule has 1 aliphatic heterocycles. The number of hydrogen-bond donors (Lipinski definition) is 0. The molecule has 0 N–H and O–H groups in total. The van der Waals surface area contributed by atoms with Gasteiger partial charge in [-0.1, -0.05) is 64.5 Å². The van der Waals surface area contributed by atoms with E-state index in [-0.39, 0.29) is 12.4 Å². The van der Waals surface area contributed by atoms with Gasteiger partial charge in [-0.05, 0) is 11.6 Å². The molecule has 0 unspecified atom stereocenters. The van der Waals surface area contributed by atoms with E-state index in [1.54, 1.807) is 0 Å². The van der Waals surface area contributed by atoms with E-state index >= 15 is 0 Å². The summed E-state index contributed by atoms with van der Waals surface area (Å²) < 4.78 is 18.4. The van der Waals surface area contributed by atoms with Crippen LogP contribution in [0.15, 0.2) is 59.1 Å². The Kier molecular flexibility index (Phi) is 5.04. The van der Waals surface area contributed by atoms with Crippen LogP contribution in [0.2, 0.25) is 0 Å². The minimum absolute atomic E-state index is 0.0241. The SMILES string of the molecule is Brc1ccccc1C1OCC(OCc2ccccc2)CO1. The van der Waals surface area contributed by atoms with Crippen LogP contribution >= 0.6 is 15.9 Å². The maximum atomic E-state index is 5.82. The van der Waals surface area contributed by atoms with Crippen LogP contribution in [0.3, 0.4) is 0 Å². The van der Waals surface area contributed by atoms with Gasteiger partial charge in [0, 0.05) is 10.0 Å². The molecule has 0 aromatic heterocycles. The first-order valence-electron chi connectivity index (χ1n) is 6.96. The Bertz CT molecular complexity index is 565. The molecule has 0 aliphatic carbocycles. The Hall–Kier alpha value is -1.20. The summed E-state index contributed by atoms with van der Waals surface area (Å²) in [4.78, 5) is 0. The molecule has 110 valence electrons. The zero-order chi connectivity index (χ0) is 14.5. The molecular formula is C17H17BrO3. The Morgan fingerprint density at radius 1 is 0.952 bits per heavy atom. The van der Waals surface area contributed by atoms with Crippen molar-refractivity contribution in [3.8, 4) is 0 Å². The first kappa shape index (κ1) is 14.7. The molecule has 21 heavy (non-hydrogen) atoms. The van der Waals surface area contributed by atoms with Crippen molar-refractivity contribution < 1.29 is 14.2 Å². The molecule has 1 fully saturated rings. The Balaban J connectivity index is 1.50.